The highest BCUT2D eigenvalue weighted by Gasteiger charge is 2.40. The first-order valence-electron chi connectivity index (χ1n) is 9.50. The molecule has 3 atom stereocenters. The molecule has 1 fully saturated rings. The predicted octanol–water partition coefficient (Wildman–Crippen LogP) is 2.84. The fourth-order valence-electron chi connectivity index (χ4n) is 3.92. The van der Waals surface area contributed by atoms with Gasteiger partial charge in [0.25, 0.3) is 0 Å². The molecule has 2 aromatic rings. The van der Waals surface area contributed by atoms with Gasteiger partial charge < -0.3 is 10.1 Å². The zero-order valence-electron chi connectivity index (χ0n) is 16.7. The highest BCUT2D eigenvalue weighted by atomic mass is 32.2. The smallest absolute Gasteiger partial charge is 0.235 e. The lowest BCUT2D eigenvalue weighted by Gasteiger charge is -2.27. The molecule has 1 aromatic heterocycles. The Morgan fingerprint density at radius 1 is 1.25 bits per heavy atom. The second-order valence-electron chi connectivity index (χ2n) is 8.25. The summed E-state index contributed by atoms with van der Waals surface area (Å²) < 4.78 is 7.22. The SMILES string of the molecule is COc1ccc(C2NNCC2C2SCC(=O)Nc3c2cnn3C(C)(C)C)cc1. The number of methoxy groups -OCH3 is 1. The fraction of sp³-hybridized carbons (Fsp3) is 0.500. The van der Waals surface area contributed by atoms with Gasteiger partial charge in [-0.1, -0.05) is 12.1 Å². The van der Waals surface area contributed by atoms with E-state index in [1.54, 1.807) is 18.9 Å². The van der Waals surface area contributed by atoms with Gasteiger partial charge in [-0.15, -0.1) is 11.8 Å². The first-order chi connectivity index (χ1) is 13.4. The Hall–Kier alpha value is -2.03. The summed E-state index contributed by atoms with van der Waals surface area (Å²) in [6.07, 6.45) is 1.92. The Kier molecular flexibility index (Phi) is 5.11. The van der Waals surface area contributed by atoms with Crippen LogP contribution in [0.2, 0.25) is 0 Å². The Morgan fingerprint density at radius 2 is 2.00 bits per heavy atom. The number of carbonyl (C=O) groups is 1. The highest BCUT2D eigenvalue weighted by Crippen LogP contribution is 2.47. The van der Waals surface area contributed by atoms with Crippen molar-refractivity contribution < 1.29 is 9.53 Å². The van der Waals surface area contributed by atoms with E-state index in [1.807, 2.05) is 23.0 Å². The van der Waals surface area contributed by atoms with E-state index in [9.17, 15) is 4.79 Å². The average Bonchev–Trinajstić information content (AvgIpc) is 3.27. The largest absolute Gasteiger partial charge is 0.497 e. The van der Waals surface area contributed by atoms with Crippen LogP contribution < -0.4 is 20.9 Å². The zero-order chi connectivity index (χ0) is 19.9. The second kappa shape index (κ2) is 7.42. The van der Waals surface area contributed by atoms with Crippen molar-refractivity contribution in [2.24, 2.45) is 5.92 Å². The number of anilines is 1. The van der Waals surface area contributed by atoms with Crippen molar-refractivity contribution in [2.75, 3.05) is 24.7 Å². The van der Waals surface area contributed by atoms with E-state index in [-0.39, 0.29) is 28.7 Å². The summed E-state index contributed by atoms with van der Waals surface area (Å²) in [6.45, 7) is 7.11. The number of hydrogen-bond donors (Lipinski definition) is 3. The molecular weight excluding hydrogens is 374 g/mol. The molecule has 8 heteroatoms. The summed E-state index contributed by atoms with van der Waals surface area (Å²) in [7, 11) is 1.67. The minimum Gasteiger partial charge on any atom is -0.497 e. The van der Waals surface area contributed by atoms with Gasteiger partial charge in [0.05, 0.1) is 30.6 Å². The van der Waals surface area contributed by atoms with Gasteiger partial charge in [0, 0.05) is 23.3 Å². The van der Waals surface area contributed by atoms with Crippen LogP contribution >= 0.6 is 11.8 Å². The third-order valence-electron chi connectivity index (χ3n) is 5.28. The van der Waals surface area contributed by atoms with Gasteiger partial charge in [-0.05, 0) is 38.5 Å². The Labute approximate surface area is 169 Å². The van der Waals surface area contributed by atoms with Crippen LogP contribution in [-0.2, 0) is 10.3 Å². The lowest BCUT2D eigenvalue weighted by Crippen LogP contribution is -2.27. The molecule has 1 saturated heterocycles. The summed E-state index contributed by atoms with van der Waals surface area (Å²) in [5.41, 5.74) is 8.83. The summed E-state index contributed by atoms with van der Waals surface area (Å²) in [6, 6.07) is 8.31. The van der Waals surface area contributed by atoms with E-state index < -0.39 is 0 Å². The van der Waals surface area contributed by atoms with E-state index in [0.717, 1.165) is 23.7 Å². The fourth-order valence-corrected chi connectivity index (χ4v) is 5.17. The molecule has 0 saturated carbocycles. The molecule has 7 nitrogen and oxygen atoms in total. The van der Waals surface area contributed by atoms with E-state index in [1.165, 1.54) is 5.56 Å². The van der Waals surface area contributed by atoms with Gasteiger partial charge in [0.2, 0.25) is 5.91 Å². The lowest BCUT2D eigenvalue weighted by molar-refractivity contribution is -0.113. The molecule has 3 unspecified atom stereocenters. The predicted molar refractivity (Wildman–Crippen MR) is 111 cm³/mol. The quantitative estimate of drug-likeness (QED) is 0.734. The first kappa shape index (κ1) is 19.3. The maximum atomic E-state index is 12.4. The summed E-state index contributed by atoms with van der Waals surface area (Å²) in [5.74, 6) is 2.42. The zero-order valence-corrected chi connectivity index (χ0v) is 17.5. The highest BCUT2D eigenvalue weighted by molar-refractivity contribution is 8.00. The number of carbonyl (C=O) groups excluding carboxylic acids is 1. The Bertz CT molecular complexity index is 858. The number of hydrogen-bond acceptors (Lipinski definition) is 6. The van der Waals surface area contributed by atoms with E-state index in [0.29, 0.717) is 5.75 Å². The first-order valence-corrected chi connectivity index (χ1v) is 10.6. The summed E-state index contributed by atoms with van der Waals surface area (Å²) >= 11 is 1.69. The number of aromatic nitrogens is 2. The van der Waals surface area contributed by atoms with Crippen LogP contribution in [0.15, 0.2) is 30.5 Å². The molecule has 0 radical (unpaired) electrons. The van der Waals surface area contributed by atoms with E-state index in [4.69, 9.17) is 4.74 Å². The van der Waals surface area contributed by atoms with Crippen molar-refractivity contribution in [3.05, 3.63) is 41.6 Å². The van der Waals surface area contributed by atoms with Crippen LogP contribution in [-0.4, -0.2) is 35.1 Å². The molecule has 3 N–H and O–H groups in total. The third-order valence-corrected chi connectivity index (χ3v) is 6.67. The molecule has 1 amide bonds. The Balaban J connectivity index is 1.70. The number of rotatable bonds is 3. The molecule has 0 bridgehead atoms. The topological polar surface area (TPSA) is 80.2 Å². The maximum Gasteiger partial charge on any atom is 0.235 e. The maximum absolute atomic E-state index is 12.4. The van der Waals surface area contributed by atoms with Crippen LogP contribution in [0.3, 0.4) is 0 Å². The van der Waals surface area contributed by atoms with Crippen molar-refractivity contribution in [2.45, 2.75) is 37.6 Å². The number of benzene rings is 1. The van der Waals surface area contributed by atoms with Crippen molar-refractivity contribution in [1.82, 2.24) is 20.6 Å². The van der Waals surface area contributed by atoms with Crippen LogP contribution in [0, 0.1) is 5.92 Å². The molecule has 4 rings (SSSR count). The van der Waals surface area contributed by atoms with Gasteiger partial charge in [-0.25, -0.2) is 10.1 Å². The lowest BCUT2D eigenvalue weighted by atomic mass is 9.89. The average molecular weight is 402 g/mol. The third kappa shape index (κ3) is 3.52. The van der Waals surface area contributed by atoms with Gasteiger partial charge in [0.15, 0.2) is 0 Å². The van der Waals surface area contributed by atoms with Gasteiger partial charge in [0.1, 0.15) is 11.6 Å². The number of thioether (sulfide) groups is 1. The number of ether oxygens (including phenoxy) is 1. The van der Waals surface area contributed by atoms with E-state index >= 15 is 0 Å². The minimum atomic E-state index is -0.206. The Morgan fingerprint density at radius 3 is 2.68 bits per heavy atom. The van der Waals surface area contributed by atoms with Crippen molar-refractivity contribution in [3.63, 3.8) is 0 Å². The van der Waals surface area contributed by atoms with Crippen LogP contribution in [0.1, 0.15) is 43.2 Å². The molecule has 2 aliphatic heterocycles. The van der Waals surface area contributed by atoms with E-state index in [2.05, 4.69) is 54.2 Å². The number of fused-ring (bicyclic) bond motifs is 1. The molecule has 0 aliphatic carbocycles. The molecule has 3 heterocycles. The molecule has 150 valence electrons. The number of nitrogens with one attached hydrogen (secondary N) is 3. The van der Waals surface area contributed by atoms with Crippen LogP contribution in [0.5, 0.6) is 5.75 Å². The van der Waals surface area contributed by atoms with Crippen molar-refractivity contribution in [1.29, 1.82) is 0 Å². The van der Waals surface area contributed by atoms with Crippen LogP contribution in [0.4, 0.5) is 5.82 Å². The molecule has 28 heavy (non-hydrogen) atoms. The summed E-state index contributed by atoms with van der Waals surface area (Å²) in [5, 5.41) is 7.86. The number of amides is 1. The molecular formula is C20H27N5O2S. The second-order valence-corrected chi connectivity index (χ2v) is 9.38. The monoisotopic (exact) mass is 401 g/mol. The minimum absolute atomic E-state index is 0.0275. The normalized spacial score (nSPS) is 25.1. The molecule has 2 aliphatic rings. The van der Waals surface area contributed by atoms with Crippen LogP contribution in [0.25, 0.3) is 0 Å². The summed E-state index contributed by atoms with van der Waals surface area (Å²) in [4.78, 5) is 12.4. The molecule has 0 spiro atoms. The van der Waals surface area contributed by atoms with Crippen molar-refractivity contribution in [3.8, 4) is 5.75 Å². The number of nitrogens with zero attached hydrogens (tertiary/aromatic N) is 2. The van der Waals surface area contributed by atoms with Crippen molar-refractivity contribution >= 4 is 23.5 Å². The van der Waals surface area contributed by atoms with Gasteiger partial charge in [-0.3, -0.25) is 10.2 Å². The number of hydrazine groups is 1. The standard InChI is InChI=1S/C20H27N5O2S/c1-20(2,3)25-19-15(10-22-25)18(28-11-16(26)23-19)14-9-21-24-17(14)12-5-7-13(27-4)8-6-12/h5-8,10,14,17-18,21,24H,9,11H2,1-4H3,(H,23,26). The van der Waals surface area contributed by atoms with Gasteiger partial charge >= 0.3 is 0 Å². The van der Waals surface area contributed by atoms with Gasteiger partial charge in [-0.2, -0.15) is 5.10 Å². The molecule has 1 aromatic carbocycles.